The van der Waals surface area contributed by atoms with Gasteiger partial charge in [0.2, 0.25) is 0 Å². The number of hydrogen-bond acceptors (Lipinski definition) is 6. The predicted molar refractivity (Wildman–Crippen MR) is 120 cm³/mol. The van der Waals surface area contributed by atoms with E-state index in [1.165, 1.54) is 36.5 Å². The van der Waals surface area contributed by atoms with Crippen molar-refractivity contribution >= 4 is 33.1 Å². The monoisotopic (exact) mass is 566 g/mol. The number of imidazole rings is 1. The van der Waals surface area contributed by atoms with Crippen molar-refractivity contribution in [3.8, 4) is 0 Å². The number of fused-ring (bicyclic) bond motifs is 1. The lowest BCUT2D eigenvalue weighted by molar-refractivity contribution is -0.141. The number of hydrazone groups is 1. The van der Waals surface area contributed by atoms with Crippen molar-refractivity contribution in [3.63, 3.8) is 0 Å². The number of alkyl halides is 6. The number of hydrogen-bond donors (Lipinski definition) is 1. The summed E-state index contributed by atoms with van der Waals surface area (Å²) in [5, 5.41) is 7.01. The third kappa shape index (κ3) is 4.97. The van der Waals surface area contributed by atoms with Crippen LogP contribution in [0.5, 0.6) is 0 Å². The van der Waals surface area contributed by atoms with E-state index in [9.17, 15) is 43.9 Å². The molecule has 1 N–H and O–H groups in total. The Morgan fingerprint density at radius 1 is 1.08 bits per heavy atom. The van der Waals surface area contributed by atoms with Gasteiger partial charge >= 0.3 is 21.7 Å². The molecule has 1 aliphatic heterocycles. The first-order valence-corrected chi connectivity index (χ1v) is 12.1. The standard InChI is InChI=1S/C21H17F7N6O3S/c1-12-31-33(8-9-34(12)38(36,37)21(26,27)28)15-6-5-13(10-14(15)22)11-29-19(35)17-18(20(23,24)25)30-16-4-2-3-7-32(16)17/h2-7,10H,8-9,11H2,1H3,(H,29,35). The average molecular weight is 566 g/mol. The summed E-state index contributed by atoms with van der Waals surface area (Å²) in [5.41, 5.74) is -7.80. The van der Waals surface area contributed by atoms with Crippen LogP contribution in [0.2, 0.25) is 0 Å². The number of nitrogens with zero attached hydrogens (tertiary/aromatic N) is 5. The summed E-state index contributed by atoms with van der Waals surface area (Å²) in [6, 6.07) is 7.64. The minimum atomic E-state index is -5.67. The molecule has 1 aliphatic rings. The summed E-state index contributed by atoms with van der Waals surface area (Å²) >= 11 is 0. The van der Waals surface area contributed by atoms with E-state index >= 15 is 0 Å². The number of amides is 1. The number of carbonyl (C=O) groups excluding carboxylic acids is 1. The highest BCUT2D eigenvalue weighted by Crippen LogP contribution is 2.32. The number of pyridine rings is 1. The number of nitrogens with one attached hydrogen (secondary N) is 1. The van der Waals surface area contributed by atoms with Crippen LogP contribution in [-0.4, -0.2) is 52.4 Å². The number of amidine groups is 1. The van der Waals surface area contributed by atoms with Gasteiger partial charge in [-0.3, -0.25) is 14.2 Å². The zero-order valence-corrected chi connectivity index (χ0v) is 20.0. The van der Waals surface area contributed by atoms with E-state index in [2.05, 4.69) is 15.4 Å². The second kappa shape index (κ2) is 9.45. The molecule has 0 bridgehead atoms. The molecule has 3 heterocycles. The van der Waals surface area contributed by atoms with Crippen LogP contribution in [-0.2, 0) is 22.7 Å². The lowest BCUT2D eigenvalue weighted by Crippen LogP contribution is -2.50. The highest BCUT2D eigenvalue weighted by Gasteiger charge is 2.51. The Morgan fingerprint density at radius 2 is 1.79 bits per heavy atom. The fourth-order valence-corrected chi connectivity index (χ4v) is 4.72. The summed E-state index contributed by atoms with van der Waals surface area (Å²) in [7, 11) is -5.67. The Kier molecular flexibility index (Phi) is 6.75. The quantitative estimate of drug-likeness (QED) is 0.475. The maximum absolute atomic E-state index is 14.8. The molecule has 0 spiro atoms. The first-order chi connectivity index (χ1) is 17.6. The molecule has 1 aromatic carbocycles. The predicted octanol–water partition coefficient (Wildman–Crippen LogP) is 3.73. The van der Waals surface area contributed by atoms with Gasteiger partial charge in [-0.05, 0) is 36.8 Å². The highest BCUT2D eigenvalue weighted by molar-refractivity contribution is 7.90. The van der Waals surface area contributed by atoms with Crippen LogP contribution >= 0.6 is 0 Å². The second-order valence-electron chi connectivity index (χ2n) is 8.00. The highest BCUT2D eigenvalue weighted by atomic mass is 32.2. The Morgan fingerprint density at radius 3 is 2.39 bits per heavy atom. The molecule has 0 atom stereocenters. The van der Waals surface area contributed by atoms with Crippen LogP contribution in [0.15, 0.2) is 47.7 Å². The Labute approximate surface area is 210 Å². The van der Waals surface area contributed by atoms with Gasteiger partial charge in [-0.15, -0.1) is 0 Å². The van der Waals surface area contributed by atoms with Gasteiger partial charge in [0.05, 0.1) is 18.8 Å². The lowest BCUT2D eigenvalue weighted by Gasteiger charge is -2.33. The van der Waals surface area contributed by atoms with Crippen molar-refractivity contribution in [1.82, 2.24) is 19.0 Å². The zero-order chi connectivity index (χ0) is 28.0. The number of benzene rings is 1. The van der Waals surface area contributed by atoms with Gasteiger partial charge in [0.25, 0.3) is 5.91 Å². The number of halogens is 7. The number of aromatic nitrogens is 2. The minimum absolute atomic E-state index is 0.0701. The van der Waals surface area contributed by atoms with Gasteiger partial charge < -0.3 is 5.32 Å². The van der Waals surface area contributed by atoms with E-state index < -0.39 is 63.7 Å². The fraction of sp³-hybridized carbons (Fsp3) is 0.286. The summed E-state index contributed by atoms with van der Waals surface area (Å²) in [4.78, 5) is 16.1. The number of sulfonamides is 1. The summed E-state index contributed by atoms with van der Waals surface area (Å²) in [5.74, 6) is -2.55. The van der Waals surface area contributed by atoms with Gasteiger partial charge in [-0.2, -0.15) is 39.9 Å². The molecule has 9 nitrogen and oxygen atoms in total. The molecule has 17 heteroatoms. The summed E-state index contributed by atoms with van der Waals surface area (Å²) in [6.45, 7) is -0.386. The molecule has 204 valence electrons. The molecule has 3 aromatic rings. The third-order valence-corrected chi connectivity index (χ3v) is 7.09. The van der Waals surface area contributed by atoms with Crippen LogP contribution < -0.4 is 10.3 Å². The van der Waals surface area contributed by atoms with E-state index in [0.717, 1.165) is 22.4 Å². The van der Waals surface area contributed by atoms with Gasteiger partial charge in [-0.1, -0.05) is 12.1 Å². The molecule has 0 radical (unpaired) electrons. The minimum Gasteiger partial charge on any atom is -0.347 e. The smallest absolute Gasteiger partial charge is 0.347 e. The SMILES string of the molecule is CC1=NN(c2ccc(CNC(=O)c3c(C(F)(F)F)nc4ccccn34)cc2F)CCN1S(=O)(=O)C(F)(F)F. The number of anilines is 1. The van der Waals surface area contributed by atoms with Crippen molar-refractivity contribution in [2.45, 2.75) is 25.2 Å². The van der Waals surface area contributed by atoms with Gasteiger partial charge in [0.1, 0.15) is 23.0 Å². The van der Waals surface area contributed by atoms with E-state index in [4.69, 9.17) is 0 Å². The van der Waals surface area contributed by atoms with E-state index in [0.29, 0.717) is 0 Å². The van der Waals surface area contributed by atoms with E-state index in [1.54, 1.807) is 0 Å². The van der Waals surface area contributed by atoms with Crippen molar-refractivity contribution in [2.75, 3.05) is 18.1 Å². The normalized spacial score (nSPS) is 15.1. The number of rotatable bonds is 5. The lowest BCUT2D eigenvalue weighted by atomic mass is 10.2. The molecule has 38 heavy (non-hydrogen) atoms. The Hall–Kier alpha value is -3.89. The second-order valence-corrected chi connectivity index (χ2v) is 9.85. The van der Waals surface area contributed by atoms with Crippen molar-refractivity contribution in [3.05, 3.63) is 65.4 Å². The Balaban J connectivity index is 1.51. The largest absolute Gasteiger partial charge is 0.516 e. The first kappa shape index (κ1) is 27.2. The van der Waals surface area contributed by atoms with E-state index in [1.807, 2.05) is 0 Å². The maximum atomic E-state index is 14.8. The molecule has 0 saturated heterocycles. The fourth-order valence-electron chi connectivity index (χ4n) is 3.76. The van der Waals surface area contributed by atoms with Crippen molar-refractivity contribution < 1.29 is 43.9 Å². The van der Waals surface area contributed by atoms with Crippen LogP contribution in [0.3, 0.4) is 0 Å². The first-order valence-electron chi connectivity index (χ1n) is 10.6. The molecule has 1 amide bonds. The summed E-state index contributed by atoms with van der Waals surface area (Å²) < 4.78 is 118. The van der Waals surface area contributed by atoms with Crippen molar-refractivity contribution in [2.24, 2.45) is 5.10 Å². The Bertz CT molecular complexity index is 1530. The molecular weight excluding hydrogens is 549 g/mol. The van der Waals surface area contributed by atoms with Crippen LogP contribution in [0, 0.1) is 5.82 Å². The average Bonchev–Trinajstić information content (AvgIpc) is 3.22. The van der Waals surface area contributed by atoms with Crippen LogP contribution in [0.4, 0.5) is 36.4 Å². The van der Waals surface area contributed by atoms with Gasteiger partial charge in [0, 0.05) is 12.7 Å². The van der Waals surface area contributed by atoms with Crippen LogP contribution in [0.1, 0.15) is 28.7 Å². The topological polar surface area (TPSA) is 99.4 Å². The van der Waals surface area contributed by atoms with Crippen molar-refractivity contribution in [1.29, 1.82) is 0 Å². The van der Waals surface area contributed by atoms with E-state index in [-0.39, 0.29) is 27.7 Å². The third-order valence-electron chi connectivity index (χ3n) is 5.48. The molecule has 0 aliphatic carbocycles. The molecule has 0 fully saturated rings. The van der Waals surface area contributed by atoms with Gasteiger partial charge in [0.15, 0.2) is 5.69 Å². The summed E-state index contributed by atoms with van der Waals surface area (Å²) in [6.07, 6.45) is -3.67. The zero-order valence-electron chi connectivity index (χ0n) is 19.2. The van der Waals surface area contributed by atoms with Gasteiger partial charge in [-0.25, -0.2) is 13.7 Å². The molecule has 4 rings (SSSR count). The maximum Gasteiger partial charge on any atom is 0.516 e. The molecular formula is C21H17F7N6O3S. The molecule has 0 unspecified atom stereocenters. The number of carbonyl (C=O) groups is 1. The molecule has 0 saturated carbocycles. The molecule has 2 aromatic heterocycles. The van der Waals surface area contributed by atoms with Crippen LogP contribution in [0.25, 0.3) is 5.65 Å².